The number of hydrogen-bond acceptors (Lipinski definition) is 4. The van der Waals surface area contributed by atoms with Crippen molar-refractivity contribution in [2.75, 3.05) is 20.1 Å². The van der Waals surface area contributed by atoms with Gasteiger partial charge in [-0.2, -0.15) is 4.68 Å². The predicted molar refractivity (Wildman–Crippen MR) is 105 cm³/mol. The highest BCUT2D eigenvalue weighted by atomic mass is 32.1. The highest BCUT2D eigenvalue weighted by Gasteiger charge is 2.19. The zero-order valence-corrected chi connectivity index (χ0v) is 16.3. The number of amides is 1. The van der Waals surface area contributed by atoms with Crippen molar-refractivity contribution in [3.8, 4) is 17.3 Å². The van der Waals surface area contributed by atoms with Crippen molar-refractivity contribution in [3.05, 3.63) is 53.5 Å². The molecule has 3 rings (SSSR count). The number of aromatic nitrogens is 3. The summed E-state index contributed by atoms with van der Waals surface area (Å²) < 4.78 is 9.73. The van der Waals surface area contributed by atoms with Crippen molar-refractivity contribution in [2.45, 2.75) is 20.0 Å². The minimum absolute atomic E-state index is 0.0228. The zero-order chi connectivity index (χ0) is 19.2. The fraction of sp³-hybridized carbons (Fsp3) is 0.316. The molecule has 1 aromatic carbocycles. The van der Waals surface area contributed by atoms with Crippen LogP contribution in [0.15, 0.2) is 53.1 Å². The van der Waals surface area contributed by atoms with Crippen molar-refractivity contribution in [1.82, 2.24) is 19.7 Å². The molecular formula is C19H24N5O2S+. The summed E-state index contributed by atoms with van der Waals surface area (Å²) in [6, 6.07) is 13.5. The molecule has 0 aliphatic rings. The molecule has 2 heterocycles. The van der Waals surface area contributed by atoms with Crippen LogP contribution < -0.4 is 10.2 Å². The van der Waals surface area contributed by atoms with Gasteiger partial charge in [-0.3, -0.25) is 9.36 Å². The van der Waals surface area contributed by atoms with Gasteiger partial charge in [-0.05, 0) is 42.9 Å². The van der Waals surface area contributed by atoms with Crippen LogP contribution in [0.3, 0.4) is 0 Å². The molecule has 0 bridgehead atoms. The maximum atomic E-state index is 12.0. The van der Waals surface area contributed by atoms with Gasteiger partial charge in [0.25, 0.3) is 5.91 Å². The number of nitrogens with zero attached hydrogens (tertiary/aromatic N) is 3. The lowest BCUT2D eigenvalue weighted by atomic mass is 10.3. The molecule has 2 aromatic heterocycles. The van der Waals surface area contributed by atoms with Gasteiger partial charge in [0.2, 0.25) is 10.6 Å². The van der Waals surface area contributed by atoms with Crippen LogP contribution in [-0.4, -0.2) is 40.4 Å². The standard InChI is InChI=1S/C19H23N5O2S/c1-3-11-20-17(25)13-22(2)14-23-19(27)24(15-8-5-4-6-9-15)18(21-23)16-10-7-12-26-16/h4-10,12H,3,11,13-14H2,1-2H3,(H,20,25)/p+1. The molecule has 1 atom stereocenters. The normalized spacial score (nSPS) is 12.1. The average molecular weight is 387 g/mol. The van der Waals surface area contributed by atoms with Gasteiger partial charge in [0.15, 0.2) is 19.0 Å². The Morgan fingerprint density at radius 3 is 2.70 bits per heavy atom. The molecule has 3 aromatic rings. The molecule has 2 N–H and O–H groups in total. The van der Waals surface area contributed by atoms with Gasteiger partial charge in [0.1, 0.15) is 0 Å². The number of carbonyl (C=O) groups is 1. The van der Waals surface area contributed by atoms with Crippen molar-refractivity contribution < 1.29 is 14.1 Å². The molecule has 1 amide bonds. The molecule has 0 saturated carbocycles. The predicted octanol–water partition coefficient (Wildman–Crippen LogP) is 1.66. The Labute approximate surface area is 163 Å². The maximum Gasteiger partial charge on any atom is 0.275 e. The second-order valence-corrected chi connectivity index (χ2v) is 6.76. The average Bonchev–Trinajstić information content (AvgIpc) is 3.29. The number of likely N-dealkylation sites (N-methyl/N-ethyl adjacent to an activating group) is 1. The molecule has 0 aliphatic heterocycles. The summed E-state index contributed by atoms with van der Waals surface area (Å²) in [6.45, 7) is 3.56. The van der Waals surface area contributed by atoms with E-state index < -0.39 is 0 Å². The highest BCUT2D eigenvalue weighted by molar-refractivity contribution is 7.71. The maximum absolute atomic E-state index is 12.0. The van der Waals surface area contributed by atoms with E-state index in [0.29, 0.717) is 36.1 Å². The van der Waals surface area contributed by atoms with Crippen LogP contribution >= 0.6 is 12.2 Å². The molecule has 0 spiro atoms. The first-order valence-electron chi connectivity index (χ1n) is 8.97. The SMILES string of the molecule is CCCNC(=O)C[NH+](C)Cn1nc(-c2ccco2)n(-c2ccccc2)c1=S. The zero-order valence-electron chi connectivity index (χ0n) is 15.5. The van der Waals surface area contributed by atoms with E-state index in [1.165, 1.54) is 0 Å². The molecule has 8 heteroatoms. The lowest BCUT2D eigenvalue weighted by Gasteiger charge is -2.13. The van der Waals surface area contributed by atoms with Crippen LogP contribution in [0.1, 0.15) is 13.3 Å². The van der Waals surface area contributed by atoms with Crippen LogP contribution in [0.5, 0.6) is 0 Å². The molecule has 142 valence electrons. The van der Waals surface area contributed by atoms with E-state index in [4.69, 9.17) is 16.6 Å². The van der Waals surface area contributed by atoms with Crippen molar-refractivity contribution in [1.29, 1.82) is 0 Å². The highest BCUT2D eigenvalue weighted by Crippen LogP contribution is 2.22. The summed E-state index contributed by atoms with van der Waals surface area (Å²) in [4.78, 5) is 12.9. The van der Waals surface area contributed by atoms with Gasteiger partial charge in [-0.15, -0.1) is 5.10 Å². The van der Waals surface area contributed by atoms with Crippen molar-refractivity contribution in [3.63, 3.8) is 0 Å². The van der Waals surface area contributed by atoms with Crippen LogP contribution in [0.25, 0.3) is 17.3 Å². The number of nitrogens with one attached hydrogen (secondary N) is 2. The Bertz CT molecular complexity index is 931. The summed E-state index contributed by atoms with van der Waals surface area (Å²) in [7, 11) is 1.95. The van der Waals surface area contributed by atoms with Gasteiger partial charge in [0, 0.05) is 6.54 Å². The first kappa shape index (κ1) is 19.1. The third-order valence-electron chi connectivity index (χ3n) is 4.05. The summed E-state index contributed by atoms with van der Waals surface area (Å²) >= 11 is 5.68. The van der Waals surface area contributed by atoms with Crippen LogP contribution in [0.2, 0.25) is 0 Å². The van der Waals surface area contributed by atoms with E-state index >= 15 is 0 Å². The molecule has 0 saturated heterocycles. The largest absolute Gasteiger partial charge is 0.461 e. The number of quaternary nitrogens is 1. The minimum atomic E-state index is 0.0228. The topological polar surface area (TPSA) is 69.4 Å². The van der Waals surface area contributed by atoms with E-state index in [0.717, 1.165) is 17.0 Å². The van der Waals surface area contributed by atoms with Gasteiger partial charge in [-0.1, -0.05) is 25.1 Å². The second-order valence-electron chi connectivity index (χ2n) is 6.40. The first-order valence-corrected chi connectivity index (χ1v) is 9.38. The van der Waals surface area contributed by atoms with Crippen LogP contribution in [-0.2, 0) is 11.5 Å². The van der Waals surface area contributed by atoms with Crippen LogP contribution in [0.4, 0.5) is 0 Å². The number of carbonyl (C=O) groups excluding carboxylic acids is 1. The summed E-state index contributed by atoms with van der Waals surface area (Å²) in [5.74, 6) is 1.30. The molecule has 1 unspecified atom stereocenters. The number of hydrogen-bond donors (Lipinski definition) is 2. The molecule has 0 fully saturated rings. The quantitative estimate of drug-likeness (QED) is 0.578. The lowest BCUT2D eigenvalue weighted by Crippen LogP contribution is -3.09. The summed E-state index contributed by atoms with van der Waals surface area (Å²) in [6.07, 6.45) is 2.53. The summed E-state index contributed by atoms with van der Waals surface area (Å²) in [5.41, 5.74) is 0.915. The molecule has 27 heavy (non-hydrogen) atoms. The van der Waals surface area contributed by atoms with Gasteiger partial charge >= 0.3 is 0 Å². The lowest BCUT2D eigenvalue weighted by molar-refractivity contribution is -0.895. The van der Waals surface area contributed by atoms with Gasteiger partial charge in [-0.25, -0.2) is 0 Å². The molecule has 0 radical (unpaired) electrons. The number of rotatable bonds is 8. The van der Waals surface area contributed by atoms with E-state index in [-0.39, 0.29) is 5.91 Å². The van der Waals surface area contributed by atoms with Crippen molar-refractivity contribution in [2.24, 2.45) is 0 Å². The number of furan rings is 1. The Morgan fingerprint density at radius 2 is 2.04 bits per heavy atom. The first-order chi connectivity index (χ1) is 13.1. The Hall–Kier alpha value is -2.71. The Balaban J connectivity index is 1.89. The summed E-state index contributed by atoms with van der Waals surface area (Å²) in [5, 5.41) is 7.56. The van der Waals surface area contributed by atoms with Gasteiger partial charge in [0.05, 0.1) is 19.0 Å². The molecule has 0 aliphatic carbocycles. The fourth-order valence-corrected chi connectivity index (χ4v) is 3.10. The van der Waals surface area contributed by atoms with E-state index in [9.17, 15) is 4.79 Å². The van der Waals surface area contributed by atoms with Crippen LogP contribution in [0, 0.1) is 4.77 Å². The Kier molecular flexibility index (Phi) is 6.20. The third kappa shape index (κ3) is 4.53. The van der Waals surface area contributed by atoms with E-state index in [1.807, 2.05) is 61.0 Å². The molecular weight excluding hydrogens is 362 g/mol. The number of benzene rings is 1. The second kappa shape index (κ2) is 8.79. The van der Waals surface area contributed by atoms with Crippen molar-refractivity contribution >= 4 is 18.1 Å². The van der Waals surface area contributed by atoms with E-state index in [1.54, 1.807) is 10.9 Å². The van der Waals surface area contributed by atoms with Gasteiger partial charge < -0.3 is 14.6 Å². The van der Waals surface area contributed by atoms with E-state index in [2.05, 4.69) is 10.4 Å². The monoisotopic (exact) mass is 386 g/mol. The third-order valence-corrected chi connectivity index (χ3v) is 4.44. The number of para-hydroxylation sites is 1. The molecule has 7 nitrogen and oxygen atoms in total. The minimum Gasteiger partial charge on any atom is -0.461 e. The Morgan fingerprint density at radius 1 is 1.26 bits per heavy atom. The smallest absolute Gasteiger partial charge is 0.275 e. The fourth-order valence-electron chi connectivity index (χ4n) is 2.80.